The van der Waals surface area contributed by atoms with E-state index in [1.54, 1.807) is 0 Å². The number of rotatable bonds is 5. The molecular formula is C46H37Cl3N8OZn. The van der Waals surface area contributed by atoms with E-state index in [1.807, 2.05) is 96.3 Å². The molecule has 7 aromatic rings. The van der Waals surface area contributed by atoms with Crippen molar-refractivity contribution in [1.82, 2.24) is 19.9 Å². The zero-order valence-electron chi connectivity index (χ0n) is 32.7. The van der Waals surface area contributed by atoms with Crippen LogP contribution in [0.3, 0.4) is 0 Å². The van der Waals surface area contributed by atoms with Gasteiger partial charge in [0, 0.05) is 49.0 Å². The number of carbonyl (C=O) groups is 1. The molecule has 6 aromatic heterocycles. The monoisotopic (exact) mass is 886 g/mol. The first-order chi connectivity index (χ1) is 26.8. The van der Waals surface area contributed by atoms with Gasteiger partial charge in [-0.2, -0.15) is 0 Å². The fourth-order valence-corrected chi connectivity index (χ4v) is 7.20. The standard InChI is InChI=1S/C46H36N8O.3ClH.Zn/c1-29(55)47-34-7-5-30(6-8-34)43-35-9-11-37(48-35)44(31-17-23-52(2)24-18-31)39-13-15-41(50-39)46(33-21-27-54(4)28-22-33)42-16-14-40(51-42)45(38-12-10-36(43)49-38)32-19-25-53(3)26-20-32;;;;/h5-28H,1-4H3;3*1H;/q;;;;+2/p-2. The van der Waals surface area contributed by atoms with Gasteiger partial charge in [-0.25, -0.2) is 23.7 Å². The SMILES string of the molecule is CC(=O)Nc1ccc(-c2c3nc(c(-c4cc[n+](C)cc4)c4ccc([n-]4)c(-c4cc[n+](C)cc4)c4nc(c(-c5cc[n+](C)cc5)c5ccc2[n-]5)C=C4)C=C3)cc1.[Cl-].[Cl-].[Cl-].[Zn+2]. The Balaban J connectivity index is 0.00000165. The molecule has 290 valence electrons. The first-order valence-corrected chi connectivity index (χ1v) is 18.1. The molecule has 0 atom stereocenters. The van der Waals surface area contributed by atoms with E-state index in [4.69, 9.17) is 19.9 Å². The molecule has 0 aliphatic carbocycles. The molecule has 8 heterocycles. The minimum Gasteiger partial charge on any atom is -1.00 e. The molecule has 1 N–H and O–H groups in total. The number of benzene rings is 1. The van der Waals surface area contributed by atoms with Gasteiger partial charge in [-0.15, -0.1) is 22.1 Å². The van der Waals surface area contributed by atoms with Gasteiger partial charge in [-0.3, -0.25) is 4.79 Å². The van der Waals surface area contributed by atoms with Gasteiger partial charge in [0.1, 0.15) is 21.1 Å². The maximum Gasteiger partial charge on any atom is 2.00 e. The normalized spacial score (nSPS) is 11.1. The largest absolute Gasteiger partial charge is 2.00 e. The number of fused-ring (bicyclic) bond motifs is 8. The van der Waals surface area contributed by atoms with E-state index < -0.39 is 0 Å². The maximum absolute atomic E-state index is 11.8. The van der Waals surface area contributed by atoms with Crippen molar-refractivity contribution in [2.45, 2.75) is 6.92 Å². The van der Waals surface area contributed by atoms with Crippen molar-refractivity contribution in [1.29, 1.82) is 0 Å². The van der Waals surface area contributed by atoms with Crippen molar-refractivity contribution in [3.05, 3.63) is 145 Å². The van der Waals surface area contributed by atoms with Crippen molar-refractivity contribution in [3.8, 4) is 44.5 Å². The summed E-state index contributed by atoms with van der Waals surface area (Å²) in [5.74, 6) is -0.124. The smallest absolute Gasteiger partial charge is 1.00 e. The van der Waals surface area contributed by atoms with Gasteiger partial charge in [-0.1, -0.05) is 36.4 Å². The molecule has 0 unspecified atom stereocenters. The Morgan fingerprint density at radius 3 is 1.00 bits per heavy atom. The van der Waals surface area contributed by atoms with Crippen LogP contribution in [0.25, 0.3) is 90.9 Å². The second kappa shape index (κ2) is 18.4. The number of anilines is 1. The van der Waals surface area contributed by atoms with Crippen LogP contribution in [0, 0.1) is 0 Å². The van der Waals surface area contributed by atoms with Crippen LogP contribution in [0.2, 0.25) is 0 Å². The molecule has 2 aliphatic rings. The Morgan fingerprint density at radius 2 is 0.729 bits per heavy atom. The van der Waals surface area contributed by atoms with E-state index in [0.717, 1.165) is 95.0 Å². The van der Waals surface area contributed by atoms with Crippen molar-refractivity contribution in [2.24, 2.45) is 21.1 Å². The van der Waals surface area contributed by atoms with E-state index >= 15 is 0 Å². The second-order valence-corrected chi connectivity index (χ2v) is 13.9. The zero-order valence-corrected chi connectivity index (χ0v) is 38.0. The van der Waals surface area contributed by atoms with Crippen LogP contribution in [-0.2, 0) is 45.4 Å². The Labute approximate surface area is 373 Å². The molecule has 9 rings (SSSR count). The first-order valence-electron chi connectivity index (χ1n) is 18.1. The van der Waals surface area contributed by atoms with Crippen LogP contribution < -0.4 is 66.2 Å². The number of nitrogens with one attached hydrogen (secondary N) is 1. The van der Waals surface area contributed by atoms with Crippen LogP contribution in [0.1, 0.15) is 29.7 Å². The minimum atomic E-state index is -0.124. The van der Waals surface area contributed by atoms with Gasteiger partial charge in [0.2, 0.25) is 5.91 Å². The average molecular weight is 890 g/mol. The molecule has 0 saturated carbocycles. The van der Waals surface area contributed by atoms with Crippen LogP contribution in [0.15, 0.2) is 122 Å². The summed E-state index contributed by atoms with van der Waals surface area (Å²) >= 11 is 0. The maximum atomic E-state index is 11.8. The van der Waals surface area contributed by atoms with Crippen molar-refractivity contribution in [2.75, 3.05) is 5.32 Å². The van der Waals surface area contributed by atoms with Crippen molar-refractivity contribution < 1.29 is 75.2 Å². The van der Waals surface area contributed by atoms with Crippen molar-refractivity contribution in [3.63, 3.8) is 0 Å². The fourth-order valence-electron chi connectivity index (χ4n) is 7.20. The molecule has 0 radical (unpaired) electrons. The fraction of sp³-hybridized carbons (Fsp3) is 0.0870. The molecule has 0 fully saturated rings. The van der Waals surface area contributed by atoms with Gasteiger partial charge < -0.3 is 52.5 Å². The molecule has 9 nitrogen and oxygen atoms in total. The van der Waals surface area contributed by atoms with E-state index in [9.17, 15) is 4.79 Å². The number of carbonyl (C=O) groups excluding carboxylic acids is 1. The summed E-state index contributed by atoms with van der Waals surface area (Å²) < 4.78 is 6.06. The topological polar surface area (TPSA) is 94.7 Å². The third-order valence-corrected chi connectivity index (χ3v) is 9.90. The Kier molecular flexibility index (Phi) is 13.9. The third-order valence-electron chi connectivity index (χ3n) is 9.90. The Bertz CT molecular complexity index is 2840. The molecule has 2 aliphatic heterocycles. The quantitative estimate of drug-likeness (QED) is 0.160. The Morgan fingerprint density at radius 1 is 0.458 bits per heavy atom. The van der Waals surface area contributed by atoms with Crippen molar-refractivity contribution >= 4 is 58.0 Å². The number of hydrogen-bond acceptors (Lipinski definition) is 3. The van der Waals surface area contributed by atoms with Gasteiger partial charge in [0.05, 0.1) is 22.8 Å². The van der Waals surface area contributed by atoms with Crippen LogP contribution in [0.4, 0.5) is 5.69 Å². The van der Waals surface area contributed by atoms with Crippen LogP contribution in [-0.4, -0.2) is 15.9 Å². The first kappa shape index (κ1) is 44.3. The molecule has 59 heavy (non-hydrogen) atoms. The zero-order chi connectivity index (χ0) is 37.6. The summed E-state index contributed by atoms with van der Waals surface area (Å²) in [4.78, 5) is 33.2. The van der Waals surface area contributed by atoms with Crippen LogP contribution in [0.5, 0.6) is 0 Å². The Hall–Kier alpha value is -5.77. The van der Waals surface area contributed by atoms with Gasteiger partial charge in [0.15, 0.2) is 37.2 Å². The predicted molar refractivity (Wildman–Crippen MR) is 216 cm³/mol. The number of aromatic nitrogens is 7. The molecular weight excluding hydrogens is 852 g/mol. The van der Waals surface area contributed by atoms with Gasteiger partial charge in [0.25, 0.3) is 0 Å². The minimum absolute atomic E-state index is 0. The van der Waals surface area contributed by atoms with Crippen LogP contribution >= 0.6 is 0 Å². The second-order valence-electron chi connectivity index (χ2n) is 13.9. The molecule has 8 bridgehead atoms. The molecule has 0 spiro atoms. The number of halogens is 3. The van der Waals surface area contributed by atoms with Gasteiger partial charge >= 0.3 is 19.5 Å². The number of nitrogens with zero attached hydrogens (tertiary/aromatic N) is 7. The average Bonchev–Trinajstić information content (AvgIpc) is 4.02. The number of aryl methyl sites for hydroxylation is 3. The summed E-state index contributed by atoms with van der Waals surface area (Å²) in [5, 5.41) is 2.88. The van der Waals surface area contributed by atoms with E-state index in [2.05, 4.69) is 90.3 Å². The van der Waals surface area contributed by atoms with E-state index in [0.29, 0.717) is 0 Å². The summed E-state index contributed by atoms with van der Waals surface area (Å²) in [6.07, 6.45) is 20.5. The van der Waals surface area contributed by atoms with Gasteiger partial charge in [-0.05, 0) is 80.9 Å². The summed E-state index contributed by atoms with van der Waals surface area (Å²) in [6, 6.07) is 28.7. The number of amides is 1. The molecule has 1 amide bonds. The summed E-state index contributed by atoms with van der Waals surface area (Å²) in [6.45, 7) is 1.51. The summed E-state index contributed by atoms with van der Waals surface area (Å²) in [7, 11) is 6.03. The number of hydrogen-bond donors (Lipinski definition) is 1. The predicted octanol–water partition coefficient (Wildman–Crippen LogP) is -1.98. The molecule has 13 heteroatoms. The third kappa shape index (κ3) is 8.82. The molecule has 1 aromatic carbocycles. The number of pyridine rings is 3. The summed E-state index contributed by atoms with van der Waals surface area (Å²) in [5.41, 5.74) is 14.7. The van der Waals surface area contributed by atoms with E-state index in [1.165, 1.54) is 6.92 Å². The molecule has 0 saturated heterocycles. The van der Waals surface area contributed by atoms with E-state index in [-0.39, 0.29) is 62.6 Å².